The van der Waals surface area contributed by atoms with E-state index < -0.39 is 11.6 Å². The molecule has 0 amide bonds. The zero-order valence-electron chi connectivity index (χ0n) is 12.8. The zero-order valence-corrected chi connectivity index (χ0v) is 12.8. The number of carbonyl (C=O) groups is 1. The third-order valence-corrected chi connectivity index (χ3v) is 4.65. The Hall–Kier alpha value is -1.40. The number of carboxylic acid groups (broad SMARTS) is 1. The number of hydrogen-bond acceptors (Lipinski definition) is 4. The lowest BCUT2D eigenvalue weighted by Crippen LogP contribution is -2.43. The topological polar surface area (TPSA) is 87.4 Å². The van der Waals surface area contributed by atoms with Crippen molar-refractivity contribution in [3.05, 3.63) is 17.5 Å². The van der Waals surface area contributed by atoms with E-state index in [1.807, 2.05) is 0 Å². The van der Waals surface area contributed by atoms with Crippen LogP contribution in [0, 0.1) is 5.92 Å². The van der Waals surface area contributed by atoms with Crippen molar-refractivity contribution in [3.63, 3.8) is 0 Å². The number of nitrogens with zero attached hydrogens (tertiary/aromatic N) is 2. The molecular formula is C15H25N3O3. The fraction of sp³-hybridized carbons (Fsp3) is 0.733. The number of aromatic nitrogens is 2. The predicted molar refractivity (Wildman–Crippen MR) is 79.1 cm³/mol. The van der Waals surface area contributed by atoms with Crippen LogP contribution < -0.4 is 5.32 Å². The second-order valence-corrected chi connectivity index (χ2v) is 6.11. The Balaban J connectivity index is 1.87. The van der Waals surface area contributed by atoms with E-state index in [1.165, 1.54) is 12.6 Å². The molecule has 0 aliphatic heterocycles. The molecule has 0 bridgehead atoms. The quantitative estimate of drug-likeness (QED) is 0.741. The van der Waals surface area contributed by atoms with Gasteiger partial charge in [-0.25, -0.2) is 4.79 Å². The molecule has 1 aromatic rings. The summed E-state index contributed by atoms with van der Waals surface area (Å²) in [5.74, 6) is -0.233. The van der Waals surface area contributed by atoms with Crippen molar-refractivity contribution in [3.8, 4) is 0 Å². The summed E-state index contributed by atoms with van der Waals surface area (Å²) in [6.45, 7) is 3.09. The monoisotopic (exact) mass is 295 g/mol. The van der Waals surface area contributed by atoms with E-state index in [0.717, 1.165) is 31.6 Å². The Kier molecular flexibility index (Phi) is 5.00. The fourth-order valence-electron chi connectivity index (χ4n) is 3.06. The number of nitrogens with one attached hydrogen (secondary N) is 1. The highest BCUT2D eigenvalue weighted by atomic mass is 16.4. The first-order chi connectivity index (χ1) is 9.95. The average molecular weight is 295 g/mol. The summed E-state index contributed by atoms with van der Waals surface area (Å²) in [5, 5.41) is 26.8. The number of hydrogen-bond donors (Lipinski definition) is 3. The molecular weight excluding hydrogens is 270 g/mol. The summed E-state index contributed by atoms with van der Waals surface area (Å²) in [6, 6.07) is 0. The van der Waals surface area contributed by atoms with Crippen molar-refractivity contribution in [2.75, 3.05) is 6.54 Å². The first-order valence-corrected chi connectivity index (χ1v) is 7.62. The largest absolute Gasteiger partial charge is 0.478 e. The van der Waals surface area contributed by atoms with Gasteiger partial charge in [0.05, 0.1) is 17.5 Å². The SMILES string of the molecule is CCC1CCC(O)(CNCc2c(C(=O)O)cnn2C)CC1. The lowest BCUT2D eigenvalue weighted by Gasteiger charge is -2.36. The molecule has 1 aliphatic rings. The van der Waals surface area contributed by atoms with Gasteiger partial charge in [0.2, 0.25) is 0 Å². The fourth-order valence-corrected chi connectivity index (χ4v) is 3.06. The second kappa shape index (κ2) is 6.58. The number of aromatic carboxylic acids is 1. The maximum atomic E-state index is 11.1. The van der Waals surface area contributed by atoms with Crippen LogP contribution in [0.1, 0.15) is 55.1 Å². The smallest absolute Gasteiger partial charge is 0.339 e. The van der Waals surface area contributed by atoms with Gasteiger partial charge in [0, 0.05) is 20.1 Å². The predicted octanol–water partition coefficient (Wildman–Crippen LogP) is 1.54. The lowest BCUT2D eigenvalue weighted by atomic mass is 9.78. The molecule has 6 heteroatoms. The van der Waals surface area contributed by atoms with Crippen LogP contribution in [-0.2, 0) is 13.6 Å². The Morgan fingerprint density at radius 2 is 2.19 bits per heavy atom. The summed E-state index contributed by atoms with van der Waals surface area (Å²) in [6.07, 6.45) is 6.31. The van der Waals surface area contributed by atoms with Crippen molar-refractivity contribution in [1.29, 1.82) is 0 Å². The van der Waals surface area contributed by atoms with Crippen LogP contribution in [0.3, 0.4) is 0 Å². The molecule has 1 aromatic heterocycles. The minimum atomic E-state index is -0.970. The summed E-state index contributed by atoms with van der Waals surface area (Å²) in [7, 11) is 1.73. The minimum Gasteiger partial charge on any atom is -0.478 e. The molecule has 0 radical (unpaired) electrons. The van der Waals surface area contributed by atoms with Crippen LogP contribution in [-0.4, -0.2) is 38.1 Å². The molecule has 0 atom stereocenters. The lowest BCUT2D eigenvalue weighted by molar-refractivity contribution is -0.00891. The average Bonchev–Trinajstić information content (AvgIpc) is 2.81. The van der Waals surface area contributed by atoms with Gasteiger partial charge in [-0.15, -0.1) is 0 Å². The molecule has 0 spiro atoms. The first-order valence-electron chi connectivity index (χ1n) is 7.62. The van der Waals surface area contributed by atoms with Crippen LogP contribution in [0.2, 0.25) is 0 Å². The van der Waals surface area contributed by atoms with E-state index in [9.17, 15) is 9.90 Å². The normalized spacial score (nSPS) is 26.0. The molecule has 118 valence electrons. The Labute approximate surface area is 125 Å². The van der Waals surface area contributed by atoms with Gasteiger partial charge in [0.15, 0.2) is 0 Å². The van der Waals surface area contributed by atoms with E-state index >= 15 is 0 Å². The molecule has 0 unspecified atom stereocenters. The molecule has 0 saturated heterocycles. The van der Waals surface area contributed by atoms with Crippen molar-refractivity contribution in [2.24, 2.45) is 13.0 Å². The molecule has 0 aromatic carbocycles. The van der Waals surface area contributed by atoms with Crippen LogP contribution in [0.5, 0.6) is 0 Å². The summed E-state index contributed by atoms with van der Waals surface area (Å²) in [4.78, 5) is 11.1. The van der Waals surface area contributed by atoms with Crippen molar-refractivity contribution < 1.29 is 15.0 Å². The molecule has 1 heterocycles. The van der Waals surface area contributed by atoms with Gasteiger partial charge in [0.25, 0.3) is 0 Å². The molecule has 1 aliphatic carbocycles. The highest BCUT2D eigenvalue weighted by molar-refractivity contribution is 5.88. The van der Waals surface area contributed by atoms with Crippen LogP contribution in [0.25, 0.3) is 0 Å². The Bertz CT molecular complexity index is 490. The van der Waals surface area contributed by atoms with Gasteiger partial charge in [-0.1, -0.05) is 13.3 Å². The summed E-state index contributed by atoms with van der Waals surface area (Å²) < 4.78 is 1.56. The number of aliphatic hydroxyl groups is 1. The molecule has 3 N–H and O–H groups in total. The second-order valence-electron chi connectivity index (χ2n) is 6.11. The highest BCUT2D eigenvalue weighted by Gasteiger charge is 2.32. The minimum absolute atomic E-state index is 0.215. The molecule has 21 heavy (non-hydrogen) atoms. The van der Waals surface area contributed by atoms with Gasteiger partial charge in [0.1, 0.15) is 5.56 Å². The van der Waals surface area contributed by atoms with Crippen LogP contribution in [0.4, 0.5) is 0 Å². The summed E-state index contributed by atoms with van der Waals surface area (Å²) >= 11 is 0. The third kappa shape index (κ3) is 3.83. The molecule has 1 saturated carbocycles. The van der Waals surface area contributed by atoms with Crippen molar-refractivity contribution in [1.82, 2.24) is 15.1 Å². The van der Waals surface area contributed by atoms with Gasteiger partial charge in [-0.3, -0.25) is 4.68 Å². The van der Waals surface area contributed by atoms with E-state index in [2.05, 4.69) is 17.3 Å². The summed E-state index contributed by atoms with van der Waals surface area (Å²) in [5.41, 5.74) is 0.188. The molecule has 1 fully saturated rings. The standard InChI is InChI=1S/C15H25N3O3/c1-3-11-4-6-15(21,7-5-11)10-16-9-13-12(14(19)20)8-17-18(13)2/h8,11,16,21H,3-7,9-10H2,1-2H3,(H,19,20). The molecule has 2 rings (SSSR count). The number of carboxylic acids is 1. The van der Waals surface area contributed by atoms with Crippen molar-refractivity contribution in [2.45, 2.75) is 51.2 Å². The van der Waals surface area contributed by atoms with Gasteiger partial charge in [-0.05, 0) is 31.6 Å². The van der Waals surface area contributed by atoms with Crippen molar-refractivity contribution >= 4 is 5.97 Å². The third-order valence-electron chi connectivity index (χ3n) is 4.65. The van der Waals surface area contributed by atoms with E-state index in [-0.39, 0.29) is 5.56 Å². The Morgan fingerprint density at radius 3 is 2.76 bits per heavy atom. The number of aryl methyl sites for hydroxylation is 1. The highest BCUT2D eigenvalue weighted by Crippen LogP contribution is 2.33. The maximum absolute atomic E-state index is 11.1. The zero-order chi connectivity index (χ0) is 15.5. The van der Waals surface area contributed by atoms with E-state index in [4.69, 9.17) is 5.11 Å². The van der Waals surface area contributed by atoms with Gasteiger partial charge >= 0.3 is 5.97 Å². The first kappa shape index (κ1) is 16.0. The Morgan fingerprint density at radius 1 is 1.52 bits per heavy atom. The van der Waals surface area contributed by atoms with E-state index in [0.29, 0.717) is 18.8 Å². The van der Waals surface area contributed by atoms with Crippen LogP contribution in [0.15, 0.2) is 6.20 Å². The van der Waals surface area contributed by atoms with Crippen LogP contribution >= 0.6 is 0 Å². The molecule has 6 nitrogen and oxygen atoms in total. The maximum Gasteiger partial charge on any atom is 0.339 e. The van der Waals surface area contributed by atoms with Gasteiger partial charge in [-0.2, -0.15) is 5.10 Å². The van der Waals surface area contributed by atoms with E-state index in [1.54, 1.807) is 11.7 Å². The van der Waals surface area contributed by atoms with Gasteiger partial charge < -0.3 is 15.5 Å². The number of rotatable bonds is 6.